The second-order valence-electron chi connectivity index (χ2n) is 7.42. The molecule has 0 saturated carbocycles. The normalized spacial score (nSPS) is 13.0. The number of nitrogens with two attached hydrogens (primary N) is 1. The van der Waals surface area contributed by atoms with E-state index < -0.39 is 32.3 Å². The molecule has 0 aromatic heterocycles. The van der Waals surface area contributed by atoms with E-state index in [1.54, 1.807) is 24.3 Å². The van der Waals surface area contributed by atoms with E-state index in [2.05, 4.69) is 5.32 Å². The number of carbonyl (C=O) groups is 2. The topological polar surface area (TPSA) is 127 Å². The predicted molar refractivity (Wildman–Crippen MR) is 121 cm³/mol. The Morgan fingerprint density at radius 2 is 1.34 bits per heavy atom. The Morgan fingerprint density at radius 1 is 0.750 bits per heavy atom. The number of anilines is 3. The van der Waals surface area contributed by atoms with Crippen molar-refractivity contribution in [2.24, 2.45) is 0 Å². The summed E-state index contributed by atoms with van der Waals surface area (Å²) in [5.74, 6) is -1.05. The molecule has 32 heavy (non-hydrogen) atoms. The summed E-state index contributed by atoms with van der Waals surface area (Å²) >= 11 is 0. The lowest BCUT2D eigenvalue weighted by Gasteiger charge is -2.24. The predicted octanol–water partition coefficient (Wildman–Crippen LogP) is 4.19. The number of nitrogen functional groups attached to an aromatic ring is 1. The highest BCUT2D eigenvalue weighted by atomic mass is 32.2. The van der Waals surface area contributed by atoms with Gasteiger partial charge < -0.3 is 11.1 Å². The van der Waals surface area contributed by atoms with Crippen molar-refractivity contribution in [2.45, 2.75) is 4.90 Å². The van der Waals surface area contributed by atoms with Crippen LogP contribution in [0.2, 0.25) is 0 Å². The van der Waals surface area contributed by atoms with Crippen LogP contribution in [0.1, 0.15) is 31.8 Å². The van der Waals surface area contributed by atoms with Gasteiger partial charge in [0.05, 0.1) is 22.5 Å². The number of fused-ring (bicyclic) bond motifs is 3. The van der Waals surface area contributed by atoms with Crippen molar-refractivity contribution >= 4 is 49.5 Å². The highest BCUT2D eigenvalue weighted by Crippen LogP contribution is 2.40. The molecule has 0 fully saturated rings. The zero-order valence-electron chi connectivity index (χ0n) is 16.5. The van der Waals surface area contributed by atoms with Gasteiger partial charge in [0.2, 0.25) is 0 Å². The zero-order valence-corrected chi connectivity index (χ0v) is 17.3. The highest BCUT2D eigenvalue weighted by molar-refractivity contribution is 7.86. The third kappa shape index (κ3) is 2.96. The molecule has 1 aliphatic rings. The Bertz CT molecular complexity index is 1570. The fourth-order valence-electron chi connectivity index (χ4n) is 4.09. The molecule has 0 bridgehead atoms. The quantitative estimate of drug-likeness (QED) is 0.281. The standard InChI is InChI=1S/C24H16N2O5S/c25-22-19(32(29,30)31)12-18(26-17-11-5-7-13-6-1-2-8-14(13)17)20-21(22)24(28)16-10-4-3-9-15(16)23(20)27/h1-12,26H,25H2,(H,29,30,31). The summed E-state index contributed by atoms with van der Waals surface area (Å²) in [5.41, 5.74) is 6.25. The van der Waals surface area contributed by atoms with E-state index >= 15 is 0 Å². The Hall–Kier alpha value is -4.01. The lowest BCUT2D eigenvalue weighted by molar-refractivity contribution is 0.0980. The second kappa shape index (κ2) is 7.01. The van der Waals surface area contributed by atoms with Crippen LogP contribution in [0.15, 0.2) is 77.7 Å². The van der Waals surface area contributed by atoms with Gasteiger partial charge in [-0.15, -0.1) is 0 Å². The van der Waals surface area contributed by atoms with E-state index in [1.165, 1.54) is 12.1 Å². The number of rotatable bonds is 3. The van der Waals surface area contributed by atoms with Crippen LogP contribution in [0.5, 0.6) is 0 Å². The number of nitrogens with one attached hydrogen (secondary N) is 1. The molecular formula is C24H16N2O5S. The smallest absolute Gasteiger partial charge is 0.296 e. The van der Waals surface area contributed by atoms with Crippen LogP contribution in [0.25, 0.3) is 10.8 Å². The Balaban J connectivity index is 1.82. The van der Waals surface area contributed by atoms with Gasteiger partial charge in [-0.2, -0.15) is 8.42 Å². The number of carbonyl (C=O) groups excluding carboxylic acids is 2. The summed E-state index contributed by atoms with van der Waals surface area (Å²) in [6.45, 7) is 0. The minimum atomic E-state index is -4.77. The molecule has 0 radical (unpaired) electrons. The molecule has 8 heteroatoms. The number of hydrogen-bond acceptors (Lipinski definition) is 6. The first-order valence-corrected chi connectivity index (χ1v) is 11.1. The van der Waals surface area contributed by atoms with Gasteiger partial charge in [-0.3, -0.25) is 14.1 Å². The van der Waals surface area contributed by atoms with Crippen molar-refractivity contribution in [3.8, 4) is 0 Å². The van der Waals surface area contributed by atoms with E-state index in [4.69, 9.17) is 5.73 Å². The van der Waals surface area contributed by atoms with Gasteiger partial charge in [-0.25, -0.2) is 0 Å². The SMILES string of the molecule is Nc1c(S(=O)(=O)O)cc(Nc2cccc3ccccc23)c2c1C(=O)c1ccccc1C2=O. The summed E-state index contributed by atoms with van der Waals surface area (Å²) in [4.78, 5) is 26.0. The summed E-state index contributed by atoms with van der Waals surface area (Å²) in [5, 5.41) is 4.84. The average molecular weight is 444 g/mol. The van der Waals surface area contributed by atoms with Gasteiger partial charge in [-0.1, -0.05) is 60.7 Å². The fourth-order valence-corrected chi connectivity index (χ4v) is 4.73. The molecule has 4 N–H and O–H groups in total. The molecule has 0 unspecified atom stereocenters. The third-order valence-electron chi connectivity index (χ3n) is 5.54. The maximum atomic E-state index is 13.4. The molecule has 7 nitrogen and oxygen atoms in total. The number of hydrogen-bond donors (Lipinski definition) is 3. The first-order chi connectivity index (χ1) is 15.3. The van der Waals surface area contributed by atoms with Gasteiger partial charge in [0, 0.05) is 22.2 Å². The molecule has 1 aliphatic carbocycles. The average Bonchev–Trinajstić information content (AvgIpc) is 2.78. The lowest BCUT2D eigenvalue weighted by Crippen LogP contribution is -2.25. The Labute approximate surface area is 183 Å². The van der Waals surface area contributed by atoms with E-state index in [9.17, 15) is 22.6 Å². The molecule has 0 amide bonds. The molecule has 0 saturated heterocycles. The largest absolute Gasteiger partial charge is 0.397 e. The first-order valence-electron chi connectivity index (χ1n) is 9.64. The molecule has 5 rings (SSSR count). The lowest BCUT2D eigenvalue weighted by atomic mass is 9.82. The van der Waals surface area contributed by atoms with Crippen LogP contribution in [-0.2, 0) is 10.1 Å². The van der Waals surface area contributed by atoms with Gasteiger partial charge in [0.25, 0.3) is 10.1 Å². The maximum absolute atomic E-state index is 13.4. The Morgan fingerprint density at radius 3 is 2.03 bits per heavy atom. The summed E-state index contributed by atoms with van der Waals surface area (Å²) in [6, 6.07) is 20.3. The second-order valence-corrected chi connectivity index (χ2v) is 8.81. The maximum Gasteiger partial charge on any atom is 0.296 e. The summed E-state index contributed by atoms with van der Waals surface area (Å²) < 4.78 is 33.8. The van der Waals surface area contributed by atoms with Gasteiger partial charge in [-0.05, 0) is 17.5 Å². The molecule has 4 aromatic rings. The van der Waals surface area contributed by atoms with Crippen molar-refractivity contribution in [3.63, 3.8) is 0 Å². The van der Waals surface area contributed by atoms with Crippen LogP contribution >= 0.6 is 0 Å². The fraction of sp³-hybridized carbons (Fsp3) is 0. The van der Waals surface area contributed by atoms with E-state index in [1.807, 2.05) is 30.3 Å². The van der Waals surface area contributed by atoms with Crippen LogP contribution in [0.4, 0.5) is 17.1 Å². The van der Waals surface area contributed by atoms with Crippen molar-refractivity contribution in [3.05, 3.63) is 95.1 Å². The van der Waals surface area contributed by atoms with Crippen LogP contribution in [0, 0.1) is 0 Å². The molecule has 158 valence electrons. The number of benzene rings is 4. The third-order valence-corrected chi connectivity index (χ3v) is 6.43. The first kappa shape index (κ1) is 19.9. The molecule has 0 heterocycles. The van der Waals surface area contributed by atoms with Gasteiger partial charge >= 0.3 is 0 Å². The molecule has 0 aliphatic heterocycles. The molecule has 0 atom stereocenters. The number of ketones is 2. The minimum Gasteiger partial charge on any atom is -0.397 e. The molecular weight excluding hydrogens is 428 g/mol. The highest BCUT2D eigenvalue weighted by Gasteiger charge is 2.36. The van der Waals surface area contributed by atoms with E-state index in [-0.39, 0.29) is 27.9 Å². The molecule has 0 spiro atoms. The van der Waals surface area contributed by atoms with Crippen LogP contribution < -0.4 is 11.1 Å². The van der Waals surface area contributed by atoms with Crippen molar-refractivity contribution < 1.29 is 22.6 Å². The van der Waals surface area contributed by atoms with Gasteiger partial charge in [0.1, 0.15) is 4.90 Å². The monoisotopic (exact) mass is 444 g/mol. The van der Waals surface area contributed by atoms with Crippen LogP contribution in [0.3, 0.4) is 0 Å². The summed E-state index contributed by atoms with van der Waals surface area (Å²) in [6.07, 6.45) is 0. The van der Waals surface area contributed by atoms with Gasteiger partial charge in [0.15, 0.2) is 11.6 Å². The van der Waals surface area contributed by atoms with Crippen LogP contribution in [-0.4, -0.2) is 24.5 Å². The van der Waals surface area contributed by atoms with E-state index in [0.29, 0.717) is 5.69 Å². The van der Waals surface area contributed by atoms with E-state index in [0.717, 1.165) is 16.8 Å². The van der Waals surface area contributed by atoms with Crippen molar-refractivity contribution in [1.82, 2.24) is 0 Å². The Kier molecular flexibility index (Phi) is 4.37. The summed E-state index contributed by atoms with van der Waals surface area (Å²) in [7, 11) is -4.77. The van der Waals surface area contributed by atoms with Crippen molar-refractivity contribution in [2.75, 3.05) is 11.1 Å². The molecule has 4 aromatic carbocycles. The zero-order chi connectivity index (χ0) is 22.6. The van der Waals surface area contributed by atoms with Crippen molar-refractivity contribution in [1.29, 1.82) is 0 Å². The minimum absolute atomic E-state index is 0.0356.